The molecule has 25 heavy (non-hydrogen) atoms. The number of nitrogens with one attached hydrogen (secondary N) is 2. The first kappa shape index (κ1) is 17.7. The van der Waals surface area contributed by atoms with Gasteiger partial charge in [-0.15, -0.1) is 0 Å². The molecule has 1 aliphatic rings. The van der Waals surface area contributed by atoms with E-state index in [4.69, 9.17) is 0 Å². The average Bonchev–Trinajstić information content (AvgIpc) is 3.38. The number of rotatable bonds is 8. The average molecular weight is 340 g/mol. The second kappa shape index (κ2) is 7.83. The topological polar surface area (TPSA) is 59.0 Å². The Balaban J connectivity index is 1.51. The monoisotopic (exact) mass is 340 g/mol. The summed E-state index contributed by atoms with van der Waals surface area (Å²) in [4.78, 5) is 12.4. The maximum absolute atomic E-state index is 12.4. The number of aryl methyl sites for hydroxylation is 1. The molecular weight excluding hydrogens is 312 g/mol. The standard InChI is InChI=1S/C20H28N4O/c1-14-11-22-24(13-14)16(3)15(2)21-12-19(25)23-20(18-9-10-18)17-7-5-4-6-8-17/h4-8,11,13,15-16,18,20-21H,9-10,12H2,1-3H3,(H,23,25). The first-order valence-corrected chi connectivity index (χ1v) is 9.13. The first-order valence-electron chi connectivity index (χ1n) is 9.13. The lowest BCUT2D eigenvalue weighted by atomic mass is 10.0. The maximum Gasteiger partial charge on any atom is 0.234 e. The summed E-state index contributed by atoms with van der Waals surface area (Å²) < 4.78 is 1.95. The molecule has 0 spiro atoms. The van der Waals surface area contributed by atoms with Gasteiger partial charge in [0.2, 0.25) is 5.91 Å². The molecule has 3 rings (SSSR count). The van der Waals surface area contributed by atoms with E-state index in [1.807, 2.05) is 42.2 Å². The van der Waals surface area contributed by atoms with Crippen molar-refractivity contribution in [1.29, 1.82) is 0 Å². The van der Waals surface area contributed by atoms with Crippen LogP contribution in [0.15, 0.2) is 42.7 Å². The van der Waals surface area contributed by atoms with Gasteiger partial charge >= 0.3 is 0 Å². The van der Waals surface area contributed by atoms with Gasteiger partial charge in [-0.3, -0.25) is 9.48 Å². The maximum atomic E-state index is 12.4. The molecule has 1 aliphatic carbocycles. The smallest absolute Gasteiger partial charge is 0.234 e. The molecule has 2 aromatic rings. The molecule has 1 heterocycles. The molecule has 3 unspecified atom stereocenters. The van der Waals surface area contributed by atoms with Crippen LogP contribution >= 0.6 is 0 Å². The fourth-order valence-corrected chi connectivity index (χ4v) is 3.10. The normalized spacial score (nSPS) is 17.7. The van der Waals surface area contributed by atoms with E-state index in [0.29, 0.717) is 12.5 Å². The van der Waals surface area contributed by atoms with Gasteiger partial charge in [0.25, 0.3) is 0 Å². The van der Waals surface area contributed by atoms with Gasteiger partial charge in [-0.05, 0) is 50.7 Å². The minimum Gasteiger partial charge on any atom is -0.348 e. The van der Waals surface area contributed by atoms with E-state index in [9.17, 15) is 4.79 Å². The van der Waals surface area contributed by atoms with Gasteiger partial charge in [-0.1, -0.05) is 30.3 Å². The molecule has 1 amide bonds. The number of hydrogen-bond donors (Lipinski definition) is 2. The predicted octanol–water partition coefficient (Wildman–Crippen LogP) is 3.00. The lowest BCUT2D eigenvalue weighted by Crippen LogP contribution is -2.42. The van der Waals surface area contributed by atoms with Crippen molar-refractivity contribution in [1.82, 2.24) is 20.4 Å². The molecular formula is C20H28N4O. The van der Waals surface area contributed by atoms with E-state index in [2.05, 4.69) is 41.7 Å². The molecule has 5 heteroatoms. The van der Waals surface area contributed by atoms with Gasteiger partial charge in [-0.2, -0.15) is 5.10 Å². The third-order valence-electron chi connectivity index (χ3n) is 5.02. The third kappa shape index (κ3) is 4.69. The summed E-state index contributed by atoms with van der Waals surface area (Å²) in [5.74, 6) is 0.631. The third-order valence-corrected chi connectivity index (χ3v) is 5.02. The van der Waals surface area contributed by atoms with Crippen LogP contribution in [-0.4, -0.2) is 28.3 Å². The van der Waals surface area contributed by atoms with Gasteiger partial charge in [-0.25, -0.2) is 0 Å². The van der Waals surface area contributed by atoms with Crippen LogP contribution in [0, 0.1) is 12.8 Å². The van der Waals surface area contributed by atoms with Crippen LogP contribution in [-0.2, 0) is 4.79 Å². The largest absolute Gasteiger partial charge is 0.348 e. The molecule has 0 radical (unpaired) electrons. The van der Waals surface area contributed by atoms with Gasteiger partial charge in [0.05, 0.1) is 24.8 Å². The van der Waals surface area contributed by atoms with Crippen molar-refractivity contribution in [2.45, 2.75) is 51.7 Å². The Bertz CT molecular complexity index is 693. The second-order valence-electron chi connectivity index (χ2n) is 7.20. The minimum atomic E-state index is 0.0523. The van der Waals surface area contributed by atoms with Crippen molar-refractivity contribution in [2.24, 2.45) is 5.92 Å². The number of aromatic nitrogens is 2. The van der Waals surface area contributed by atoms with Crippen LogP contribution in [0.1, 0.15) is 49.9 Å². The van der Waals surface area contributed by atoms with Gasteiger partial charge in [0.1, 0.15) is 0 Å². The number of benzene rings is 1. The van der Waals surface area contributed by atoms with E-state index in [0.717, 1.165) is 5.56 Å². The fourth-order valence-electron chi connectivity index (χ4n) is 3.10. The van der Waals surface area contributed by atoms with Crippen molar-refractivity contribution in [3.8, 4) is 0 Å². The zero-order valence-corrected chi connectivity index (χ0v) is 15.3. The van der Waals surface area contributed by atoms with Crippen LogP contribution in [0.4, 0.5) is 0 Å². The molecule has 1 aromatic carbocycles. The highest BCUT2D eigenvalue weighted by atomic mass is 16.2. The van der Waals surface area contributed by atoms with Crippen LogP contribution in [0.5, 0.6) is 0 Å². The highest BCUT2D eigenvalue weighted by molar-refractivity contribution is 5.78. The first-order chi connectivity index (χ1) is 12.0. The second-order valence-corrected chi connectivity index (χ2v) is 7.20. The molecule has 1 fully saturated rings. The van der Waals surface area contributed by atoms with Crippen LogP contribution in [0.25, 0.3) is 0 Å². The highest BCUT2D eigenvalue weighted by Gasteiger charge is 2.33. The summed E-state index contributed by atoms with van der Waals surface area (Å²) in [6.45, 7) is 6.55. The number of hydrogen-bond acceptors (Lipinski definition) is 3. The fraction of sp³-hybridized carbons (Fsp3) is 0.500. The van der Waals surface area contributed by atoms with Gasteiger partial charge in [0, 0.05) is 12.2 Å². The summed E-state index contributed by atoms with van der Waals surface area (Å²) in [6.07, 6.45) is 6.27. The number of carbonyl (C=O) groups is 1. The Hall–Kier alpha value is -2.14. The Kier molecular flexibility index (Phi) is 5.53. The Morgan fingerprint density at radius 1 is 1.28 bits per heavy atom. The zero-order valence-electron chi connectivity index (χ0n) is 15.3. The molecule has 0 aliphatic heterocycles. The van der Waals surface area contributed by atoms with E-state index >= 15 is 0 Å². The quantitative estimate of drug-likeness (QED) is 0.777. The van der Waals surface area contributed by atoms with Gasteiger partial charge in [0.15, 0.2) is 0 Å². The lowest BCUT2D eigenvalue weighted by Gasteiger charge is -2.23. The minimum absolute atomic E-state index is 0.0523. The van der Waals surface area contributed by atoms with E-state index < -0.39 is 0 Å². The molecule has 134 valence electrons. The van der Waals surface area contributed by atoms with Gasteiger partial charge < -0.3 is 10.6 Å². The molecule has 1 aromatic heterocycles. The zero-order chi connectivity index (χ0) is 17.8. The van der Waals surface area contributed by atoms with Crippen molar-refractivity contribution in [3.63, 3.8) is 0 Å². The molecule has 3 atom stereocenters. The summed E-state index contributed by atoms with van der Waals surface area (Å²) in [6, 6.07) is 10.8. The Morgan fingerprint density at radius 3 is 2.60 bits per heavy atom. The molecule has 1 saturated carbocycles. The summed E-state index contributed by atoms with van der Waals surface area (Å²) >= 11 is 0. The summed E-state index contributed by atoms with van der Waals surface area (Å²) in [5, 5.41) is 10.9. The van der Waals surface area contributed by atoms with Crippen LogP contribution in [0.2, 0.25) is 0 Å². The van der Waals surface area contributed by atoms with Crippen LogP contribution < -0.4 is 10.6 Å². The number of nitrogens with zero attached hydrogens (tertiary/aromatic N) is 2. The Morgan fingerprint density at radius 2 is 2.00 bits per heavy atom. The van der Waals surface area contributed by atoms with E-state index in [1.165, 1.54) is 18.4 Å². The van der Waals surface area contributed by atoms with Crippen LogP contribution in [0.3, 0.4) is 0 Å². The summed E-state index contributed by atoms with van der Waals surface area (Å²) in [5.41, 5.74) is 2.35. The molecule has 2 N–H and O–H groups in total. The van der Waals surface area contributed by atoms with Crippen molar-refractivity contribution in [2.75, 3.05) is 6.54 Å². The predicted molar refractivity (Wildman–Crippen MR) is 99.2 cm³/mol. The SMILES string of the molecule is Cc1cnn(C(C)C(C)NCC(=O)NC(c2ccccc2)C2CC2)c1. The van der Waals surface area contributed by atoms with E-state index in [1.54, 1.807) is 0 Å². The molecule has 0 saturated heterocycles. The highest BCUT2D eigenvalue weighted by Crippen LogP contribution is 2.40. The lowest BCUT2D eigenvalue weighted by molar-refractivity contribution is -0.121. The molecule has 5 nitrogen and oxygen atoms in total. The van der Waals surface area contributed by atoms with Crippen molar-refractivity contribution < 1.29 is 4.79 Å². The summed E-state index contributed by atoms with van der Waals surface area (Å²) in [7, 11) is 0. The number of carbonyl (C=O) groups excluding carboxylic acids is 1. The number of amides is 1. The van der Waals surface area contributed by atoms with E-state index in [-0.39, 0.29) is 24.0 Å². The Labute approximate surface area is 149 Å². The van der Waals surface area contributed by atoms with Crippen molar-refractivity contribution >= 4 is 5.91 Å². The molecule has 0 bridgehead atoms. The van der Waals surface area contributed by atoms with Crippen molar-refractivity contribution in [3.05, 3.63) is 53.9 Å².